The van der Waals surface area contributed by atoms with E-state index in [2.05, 4.69) is 6.92 Å². The molecule has 0 spiro atoms. The highest BCUT2D eigenvalue weighted by Crippen LogP contribution is 2.36. The Balaban J connectivity index is 2.14. The molecular weight excluding hydrogens is 268 g/mol. The van der Waals surface area contributed by atoms with Crippen molar-refractivity contribution in [1.29, 1.82) is 0 Å². The zero-order chi connectivity index (χ0) is 15.6. The molecule has 1 N–H and O–H groups in total. The Morgan fingerprint density at radius 2 is 1.81 bits per heavy atom. The fourth-order valence-electron chi connectivity index (χ4n) is 3.70. The highest BCUT2D eigenvalue weighted by Gasteiger charge is 2.45. The number of urea groups is 1. The van der Waals surface area contributed by atoms with E-state index in [0.717, 1.165) is 45.2 Å². The number of carbonyl (C=O) groups excluding carboxylic acids is 1. The molecule has 0 bridgehead atoms. The summed E-state index contributed by atoms with van der Waals surface area (Å²) in [5, 5.41) is 9.58. The van der Waals surface area contributed by atoms with Gasteiger partial charge in [-0.15, -0.1) is 0 Å². The van der Waals surface area contributed by atoms with Crippen LogP contribution in [0.3, 0.4) is 0 Å². The standard InChI is InChI=1S/C16H28N2O3/c1-12-6-4-9-17(11-7-12)15(21)18-10-5-8-16(2,3)13(18)14(19)20/h12-13H,4-11H2,1-3H3,(H,19,20). The van der Waals surface area contributed by atoms with Crippen molar-refractivity contribution in [2.24, 2.45) is 11.3 Å². The number of carboxylic acid groups (broad SMARTS) is 1. The van der Waals surface area contributed by atoms with E-state index in [-0.39, 0.29) is 11.4 Å². The Kier molecular flexibility index (Phi) is 4.79. The minimum Gasteiger partial charge on any atom is -0.480 e. The molecule has 2 aliphatic heterocycles. The summed E-state index contributed by atoms with van der Waals surface area (Å²) in [6.45, 7) is 8.20. The van der Waals surface area contributed by atoms with Crippen molar-refractivity contribution < 1.29 is 14.7 Å². The third-order valence-electron chi connectivity index (χ3n) is 5.04. The van der Waals surface area contributed by atoms with Crippen molar-refractivity contribution in [3.8, 4) is 0 Å². The quantitative estimate of drug-likeness (QED) is 0.809. The van der Waals surface area contributed by atoms with Gasteiger partial charge in [0.2, 0.25) is 0 Å². The molecule has 0 aromatic carbocycles. The van der Waals surface area contributed by atoms with Crippen molar-refractivity contribution in [3.63, 3.8) is 0 Å². The summed E-state index contributed by atoms with van der Waals surface area (Å²) in [6, 6.07) is -0.788. The summed E-state index contributed by atoms with van der Waals surface area (Å²) in [5.74, 6) is -0.230. The summed E-state index contributed by atoms with van der Waals surface area (Å²) >= 11 is 0. The van der Waals surface area contributed by atoms with Crippen molar-refractivity contribution in [1.82, 2.24) is 9.80 Å². The summed E-state index contributed by atoms with van der Waals surface area (Å²) in [7, 11) is 0. The molecule has 2 rings (SSSR count). The maximum atomic E-state index is 12.8. The van der Waals surface area contributed by atoms with E-state index in [1.165, 1.54) is 0 Å². The average Bonchev–Trinajstić information content (AvgIpc) is 2.60. The predicted molar refractivity (Wildman–Crippen MR) is 81.1 cm³/mol. The minimum atomic E-state index is -0.878. The van der Waals surface area contributed by atoms with E-state index in [0.29, 0.717) is 12.5 Å². The Morgan fingerprint density at radius 1 is 1.10 bits per heavy atom. The van der Waals surface area contributed by atoms with Gasteiger partial charge in [0.1, 0.15) is 6.04 Å². The SMILES string of the molecule is CC1CCCN(C(=O)N2CCCC(C)(C)C2C(=O)O)CC1. The molecule has 0 radical (unpaired) electrons. The molecule has 2 unspecified atom stereocenters. The number of amides is 2. The van der Waals surface area contributed by atoms with E-state index >= 15 is 0 Å². The zero-order valence-electron chi connectivity index (χ0n) is 13.5. The molecule has 2 fully saturated rings. The Hall–Kier alpha value is -1.26. The van der Waals surface area contributed by atoms with E-state index in [1.807, 2.05) is 18.7 Å². The first-order chi connectivity index (χ1) is 9.83. The van der Waals surface area contributed by atoms with Crippen LogP contribution in [0.2, 0.25) is 0 Å². The molecule has 120 valence electrons. The van der Waals surface area contributed by atoms with Gasteiger partial charge in [-0.2, -0.15) is 0 Å². The lowest BCUT2D eigenvalue weighted by molar-refractivity contribution is -0.148. The van der Waals surface area contributed by atoms with Crippen LogP contribution in [0.15, 0.2) is 0 Å². The van der Waals surface area contributed by atoms with Crippen molar-refractivity contribution in [2.45, 2.75) is 58.9 Å². The number of carboxylic acids is 1. The molecular formula is C16H28N2O3. The molecule has 0 aromatic heterocycles. The number of piperidine rings is 1. The van der Waals surface area contributed by atoms with Crippen LogP contribution in [0.25, 0.3) is 0 Å². The van der Waals surface area contributed by atoms with Crippen molar-refractivity contribution in [2.75, 3.05) is 19.6 Å². The number of nitrogens with zero attached hydrogens (tertiary/aromatic N) is 2. The highest BCUT2D eigenvalue weighted by atomic mass is 16.4. The second-order valence-corrected chi connectivity index (χ2v) is 7.33. The fraction of sp³-hybridized carbons (Fsp3) is 0.875. The van der Waals surface area contributed by atoms with Crippen LogP contribution in [0.5, 0.6) is 0 Å². The molecule has 2 aliphatic rings. The molecule has 0 aromatic rings. The average molecular weight is 296 g/mol. The van der Waals surface area contributed by atoms with Gasteiger partial charge in [-0.3, -0.25) is 0 Å². The third kappa shape index (κ3) is 3.50. The third-order valence-corrected chi connectivity index (χ3v) is 5.04. The lowest BCUT2D eigenvalue weighted by Crippen LogP contribution is -2.59. The van der Waals surface area contributed by atoms with Crippen LogP contribution in [0.1, 0.15) is 52.9 Å². The Morgan fingerprint density at radius 3 is 2.48 bits per heavy atom. The lowest BCUT2D eigenvalue weighted by Gasteiger charge is -2.45. The van der Waals surface area contributed by atoms with E-state index < -0.39 is 12.0 Å². The van der Waals surface area contributed by atoms with Crippen molar-refractivity contribution in [3.05, 3.63) is 0 Å². The van der Waals surface area contributed by atoms with Gasteiger partial charge >= 0.3 is 12.0 Å². The monoisotopic (exact) mass is 296 g/mol. The lowest BCUT2D eigenvalue weighted by atomic mass is 9.76. The zero-order valence-corrected chi connectivity index (χ0v) is 13.5. The predicted octanol–water partition coefficient (Wildman–Crippen LogP) is 2.80. The maximum Gasteiger partial charge on any atom is 0.327 e. The van der Waals surface area contributed by atoms with Gasteiger partial charge in [-0.25, -0.2) is 9.59 Å². The molecule has 2 saturated heterocycles. The van der Waals surface area contributed by atoms with Crippen molar-refractivity contribution >= 4 is 12.0 Å². The number of likely N-dealkylation sites (tertiary alicyclic amines) is 2. The highest BCUT2D eigenvalue weighted by molar-refractivity contribution is 5.83. The minimum absolute atomic E-state index is 0.0794. The molecule has 2 atom stereocenters. The largest absolute Gasteiger partial charge is 0.480 e. The van der Waals surface area contributed by atoms with E-state index in [9.17, 15) is 14.7 Å². The van der Waals surface area contributed by atoms with Crippen LogP contribution < -0.4 is 0 Å². The molecule has 2 amide bonds. The van der Waals surface area contributed by atoms with Crippen LogP contribution in [-0.4, -0.2) is 52.6 Å². The summed E-state index contributed by atoms with van der Waals surface area (Å²) in [6.07, 6.45) is 4.91. The Bertz CT molecular complexity index is 408. The maximum absolute atomic E-state index is 12.8. The second-order valence-electron chi connectivity index (χ2n) is 7.33. The molecule has 5 nitrogen and oxygen atoms in total. The molecule has 0 saturated carbocycles. The van der Waals surface area contributed by atoms with Gasteiger partial charge in [0, 0.05) is 19.6 Å². The number of hydrogen-bond acceptors (Lipinski definition) is 2. The first-order valence-electron chi connectivity index (χ1n) is 8.11. The second kappa shape index (κ2) is 6.24. The number of hydrogen-bond donors (Lipinski definition) is 1. The van der Waals surface area contributed by atoms with Crippen LogP contribution in [-0.2, 0) is 4.79 Å². The first kappa shape index (κ1) is 16.1. The fourth-order valence-corrected chi connectivity index (χ4v) is 3.70. The number of aliphatic carboxylic acids is 1. The summed E-state index contributed by atoms with van der Waals surface area (Å²) in [5.41, 5.74) is -0.362. The van der Waals surface area contributed by atoms with Crippen LogP contribution >= 0.6 is 0 Å². The van der Waals surface area contributed by atoms with Gasteiger partial charge in [0.05, 0.1) is 0 Å². The summed E-state index contributed by atoms with van der Waals surface area (Å²) in [4.78, 5) is 27.9. The molecule has 21 heavy (non-hydrogen) atoms. The van der Waals surface area contributed by atoms with Gasteiger partial charge in [-0.1, -0.05) is 20.8 Å². The first-order valence-corrected chi connectivity index (χ1v) is 8.11. The molecule has 5 heteroatoms. The topological polar surface area (TPSA) is 60.9 Å². The van der Waals surface area contributed by atoms with Crippen LogP contribution in [0, 0.1) is 11.3 Å². The molecule has 2 heterocycles. The van der Waals surface area contributed by atoms with Gasteiger partial charge < -0.3 is 14.9 Å². The Labute approximate surface area is 127 Å². The normalized spacial score (nSPS) is 29.9. The number of carbonyl (C=O) groups is 2. The smallest absolute Gasteiger partial charge is 0.327 e. The van der Waals surface area contributed by atoms with Gasteiger partial charge in [0.25, 0.3) is 0 Å². The summed E-state index contributed by atoms with van der Waals surface area (Å²) < 4.78 is 0. The van der Waals surface area contributed by atoms with Crippen LogP contribution in [0.4, 0.5) is 4.79 Å². The van der Waals surface area contributed by atoms with Gasteiger partial charge in [-0.05, 0) is 43.4 Å². The number of rotatable bonds is 1. The van der Waals surface area contributed by atoms with E-state index in [4.69, 9.17) is 0 Å². The van der Waals surface area contributed by atoms with E-state index in [1.54, 1.807) is 4.90 Å². The van der Waals surface area contributed by atoms with Gasteiger partial charge in [0.15, 0.2) is 0 Å². The molecule has 0 aliphatic carbocycles.